The average molecular weight is 441 g/mol. The van der Waals surface area contributed by atoms with Gasteiger partial charge in [0, 0.05) is 22.2 Å². The summed E-state index contributed by atoms with van der Waals surface area (Å²) in [6.07, 6.45) is 0. The Morgan fingerprint density at radius 1 is 1.03 bits per heavy atom. The highest BCUT2D eigenvalue weighted by Gasteiger charge is 2.14. The summed E-state index contributed by atoms with van der Waals surface area (Å²) in [6.45, 7) is 1.89. The van der Waals surface area contributed by atoms with Crippen LogP contribution in [0.3, 0.4) is 0 Å². The van der Waals surface area contributed by atoms with Gasteiger partial charge in [-0.15, -0.1) is 11.8 Å². The number of thioether (sulfide) groups is 1. The Morgan fingerprint density at radius 3 is 2.72 bits per heavy atom. The number of aromatic amines is 1. The first-order chi connectivity index (χ1) is 15.7. The zero-order valence-electron chi connectivity index (χ0n) is 17.3. The summed E-state index contributed by atoms with van der Waals surface area (Å²) in [5.41, 5.74) is 4.95. The highest BCUT2D eigenvalue weighted by Crippen LogP contribution is 2.28. The number of rotatable bonds is 6. The number of nitrogens with zero attached hydrogens (tertiary/aromatic N) is 2. The van der Waals surface area contributed by atoms with Crippen LogP contribution in [0.4, 0.5) is 5.69 Å². The molecule has 0 fully saturated rings. The summed E-state index contributed by atoms with van der Waals surface area (Å²) in [7, 11) is 0. The monoisotopic (exact) mass is 440 g/mol. The maximum atomic E-state index is 13.1. The number of anilines is 1. The molecule has 0 saturated carbocycles. The highest BCUT2D eigenvalue weighted by atomic mass is 32.2. The Morgan fingerprint density at radius 2 is 1.88 bits per heavy atom. The van der Waals surface area contributed by atoms with Crippen molar-refractivity contribution < 1.29 is 9.32 Å². The van der Waals surface area contributed by atoms with Crippen molar-refractivity contribution in [3.63, 3.8) is 0 Å². The molecule has 2 aromatic heterocycles. The minimum Gasteiger partial charge on any atom is -0.360 e. The SMILES string of the molecule is Cc1cc(CSc2ccccc2C(=O)Nc2cccc(-c3nc4ccccc4[nH]3)c2)on1. The Kier molecular flexibility index (Phi) is 5.47. The molecule has 0 aliphatic carbocycles. The third kappa shape index (κ3) is 4.29. The molecule has 0 radical (unpaired) electrons. The number of carbonyl (C=O) groups is 1. The summed E-state index contributed by atoms with van der Waals surface area (Å²) in [6, 6.07) is 25.0. The summed E-state index contributed by atoms with van der Waals surface area (Å²) < 4.78 is 5.28. The number of para-hydroxylation sites is 2. The third-order valence-corrected chi connectivity index (χ3v) is 6.06. The number of H-pyrrole nitrogens is 1. The van der Waals surface area contributed by atoms with Crippen LogP contribution in [0.1, 0.15) is 21.8 Å². The summed E-state index contributed by atoms with van der Waals surface area (Å²) in [5, 5.41) is 6.93. The molecule has 158 valence electrons. The summed E-state index contributed by atoms with van der Waals surface area (Å²) >= 11 is 1.55. The van der Waals surface area contributed by atoms with Crippen LogP contribution in [-0.4, -0.2) is 21.0 Å². The highest BCUT2D eigenvalue weighted by molar-refractivity contribution is 7.98. The lowest BCUT2D eigenvalue weighted by Gasteiger charge is -2.10. The maximum absolute atomic E-state index is 13.1. The summed E-state index contributed by atoms with van der Waals surface area (Å²) in [4.78, 5) is 21.9. The molecule has 0 aliphatic heterocycles. The van der Waals surface area contributed by atoms with Crippen molar-refractivity contribution in [1.82, 2.24) is 15.1 Å². The van der Waals surface area contributed by atoms with E-state index in [2.05, 4.69) is 20.4 Å². The van der Waals surface area contributed by atoms with Crippen LogP contribution in [0.2, 0.25) is 0 Å². The predicted octanol–water partition coefficient (Wildman–Crippen LogP) is 6.07. The van der Waals surface area contributed by atoms with Gasteiger partial charge in [-0.1, -0.05) is 41.6 Å². The fourth-order valence-electron chi connectivity index (χ4n) is 3.45. The van der Waals surface area contributed by atoms with E-state index in [1.165, 1.54) is 0 Å². The van der Waals surface area contributed by atoms with Gasteiger partial charge in [0.25, 0.3) is 5.91 Å². The van der Waals surface area contributed by atoms with Crippen molar-refractivity contribution in [2.24, 2.45) is 0 Å². The smallest absolute Gasteiger partial charge is 0.256 e. The van der Waals surface area contributed by atoms with Gasteiger partial charge in [0.2, 0.25) is 0 Å². The number of hydrogen-bond acceptors (Lipinski definition) is 5. The second kappa shape index (κ2) is 8.72. The molecule has 6 nitrogen and oxygen atoms in total. The Bertz CT molecular complexity index is 1370. The molecule has 2 N–H and O–H groups in total. The van der Waals surface area contributed by atoms with E-state index in [-0.39, 0.29) is 5.91 Å². The van der Waals surface area contributed by atoms with Crippen LogP contribution in [0.25, 0.3) is 22.4 Å². The third-order valence-electron chi connectivity index (χ3n) is 4.96. The standard InChI is InChI=1S/C25H20N4O2S/c1-16-13-19(31-29-16)15-32-23-12-5-2-9-20(23)25(30)26-18-8-6-7-17(14-18)24-27-21-10-3-4-11-22(21)28-24/h2-14H,15H2,1H3,(H,26,30)(H,27,28). The minimum absolute atomic E-state index is 0.163. The number of hydrogen-bond donors (Lipinski definition) is 2. The van der Waals surface area contributed by atoms with Crippen LogP contribution in [0.15, 0.2) is 88.3 Å². The Labute approximate surface area is 189 Å². The van der Waals surface area contributed by atoms with Gasteiger partial charge in [0.15, 0.2) is 0 Å². The topological polar surface area (TPSA) is 83.8 Å². The first kappa shape index (κ1) is 20.1. The number of benzene rings is 3. The molecule has 0 saturated heterocycles. The van der Waals surface area contributed by atoms with Gasteiger partial charge < -0.3 is 14.8 Å². The van der Waals surface area contributed by atoms with Gasteiger partial charge in [-0.25, -0.2) is 4.98 Å². The van der Waals surface area contributed by atoms with E-state index in [1.807, 2.05) is 85.8 Å². The fraction of sp³-hybridized carbons (Fsp3) is 0.0800. The van der Waals surface area contributed by atoms with E-state index in [9.17, 15) is 4.79 Å². The van der Waals surface area contributed by atoms with Crippen molar-refractivity contribution in [3.8, 4) is 11.4 Å². The summed E-state index contributed by atoms with van der Waals surface area (Å²) in [5.74, 6) is 1.98. The second-order valence-electron chi connectivity index (χ2n) is 7.36. The van der Waals surface area contributed by atoms with E-state index >= 15 is 0 Å². The van der Waals surface area contributed by atoms with Crippen LogP contribution < -0.4 is 5.32 Å². The number of imidazole rings is 1. The minimum atomic E-state index is -0.163. The molecule has 7 heteroatoms. The number of aryl methyl sites for hydroxylation is 1. The normalized spacial score (nSPS) is 11.0. The molecule has 5 rings (SSSR count). The zero-order chi connectivity index (χ0) is 21.9. The molecule has 0 unspecified atom stereocenters. The predicted molar refractivity (Wildman–Crippen MR) is 127 cm³/mol. The number of fused-ring (bicyclic) bond motifs is 1. The van der Waals surface area contributed by atoms with E-state index in [0.29, 0.717) is 17.0 Å². The van der Waals surface area contributed by atoms with E-state index in [1.54, 1.807) is 11.8 Å². The lowest BCUT2D eigenvalue weighted by atomic mass is 10.1. The van der Waals surface area contributed by atoms with Crippen molar-refractivity contribution in [1.29, 1.82) is 0 Å². The molecule has 0 aliphatic rings. The molecule has 0 atom stereocenters. The molecular formula is C25H20N4O2S. The van der Waals surface area contributed by atoms with Crippen molar-refractivity contribution >= 4 is 34.4 Å². The zero-order valence-corrected chi connectivity index (χ0v) is 18.1. The van der Waals surface area contributed by atoms with Crippen molar-refractivity contribution in [2.45, 2.75) is 17.6 Å². The second-order valence-corrected chi connectivity index (χ2v) is 8.37. The molecule has 0 bridgehead atoms. The van der Waals surface area contributed by atoms with Crippen LogP contribution >= 0.6 is 11.8 Å². The molecular weight excluding hydrogens is 420 g/mol. The van der Waals surface area contributed by atoms with Crippen LogP contribution in [0, 0.1) is 6.92 Å². The fourth-order valence-corrected chi connectivity index (χ4v) is 4.37. The lowest BCUT2D eigenvalue weighted by molar-refractivity contribution is 0.102. The van der Waals surface area contributed by atoms with Gasteiger partial charge in [-0.3, -0.25) is 4.79 Å². The molecule has 0 spiro atoms. The maximum Gasteiger partial charge on any atom is 0.256 e. The average Bonchev–Trinajstić information content (AvgIpc) is 3.44. The quantitative estimate of drug-likeness (QED) is 0.313. The number of aromatic nitrogens is 3. The van der Waals surface area contributed by atoms with Gasteiger partial charge in [-0.05, 0) is 43.3 Å². The molecule has 1 amide bonds. The molecule has 3 aromatic carbocycles. The number of carbonyl (C=O) groups excluding carboxylic acids is 1. The molecule has 2 heterocycles. The van der Waals surface area contributed by atoms with Gasteiger partial charge in [0.1, 0.15) is 11.6 Å². The van der Waals surface area contributed by atoms with E-state index in [4.69, 9.17) is 4.52 Å². The molecule has 32 heavy (non-hydrogen) atoms. The van der Waals surface area contributed by atoms with Gasteiger partial charge in [0.05, 0.1) is 28.0 Å². The Balaban J connectivity index is 1.34. The van der Waals surface area contributed by atoms with Crippen molar-refractivity contribution in [3.05, 3.63) is 95.9 Å². The van der Waals surface area contributed by atoms with Gasteiger partial charge >= 0.3 is 0 Å². The lowest BCUT2D eigenvalue weighted by Crippen LogP contribution is -2.13. The largest absolute Gasteiger partial charge is 0.360 e. The number of amides is 1. The van der Waals surface area contributed by atoms with Crippen molar-refractivity contribution in [2.75, 3.05) is 5.32 Å². The van der Waals surface area contributed by atoms with Gasteiger partial charge in [-0.2, -0.15) is 0 Å². The van der Waals surface area contributed by atoms with E-state index < -0.39 is 0 Å². The number of nitrogens with one attached hydrogen (secondary N) is 2. The first-order valence-electron chi connectivity index (χ1n) is 10.2. The van der Waals surface area contributed by atoms with E-state index in [0.717, 1.165) is 38.8 Å². The van der Waals surface area contributed by atoms with Crippen LogP contribution in [-0.2, 0) is 5.75 Å². The molecule has 5 aromatic rings. The first-order valence-corrected chi connectivity index (χ1v) is 11.1. The Hall–Kier alpha value is -3.84. The van der Waals surface area contributed by atoms with Crippen LogP contribution in [0.5, 0.6) is 0 Å².